The Morgan fingerprint density at radius 3 is 2.38 bits per heavy atom. The third-order valence-corrected chi connectivity index (χ3v) is 7.06. The van der Waals surface area contributed by atoms with E-state index in [1.54, 1.807) is 0 Å². The van der Waals surface area contributed by atoms with Gasteiger partial charge in [0.05, 0.1) is 0 Å². The van der Waals surface area contributed by atoms with Crippen LogP contribution in [-0.2, 0) is 0 Å². The lowest BCUT2D eigenvalue weighted by molar-refractivity contribution is 0.285. The second kappa shape index (κ2) is 6.02. The van der Waals surface area contributed by atoms with Gasteiger partial charge in [0.1, 0.15) is 8.07 Å². The molecule has 0 unspecified atom stereocenters. The summed E-state index contributed by atoms with van der Waals surface area (Å²) >= 11 is 0. The van der Waals surface area contributed by atoms with Gasteiger partial charge in [0.25, 0.3) is 0 Å². The van der Waals surface area contributed by atoms with Gasteiger partial charge in [0.2, 0.25) is 0 Å². The zero-order valence-corrected chi connectivity index (χ0v) is 11.4. The van der Waals surface area contributed by atoms with E-state index in [0.717, 1.165) is 19.3 Å². The van der Waals surface area contributed by atoms with E-state index in [1.165, 1.54) is 10.4 Å². The maximum Gasteiger partial charge on any atom is 0.106 e. The number of hydrogen-bond donors (Lipinski definition) is 1. The average Bonchev–Trinajstić information content (AvgIpc) is 2.30. The Labute approximate surface area is 99.8 Å². The molecule has 0 aliphatic heterocycles. The first-order chi connectivity index (χ1) is 7.59. The van der Waals surface area contributed by atoms with Crippen molar-refractivity contribution in [1.82, 2.24) is 0 Å². The smallest absolute Gasteiger partial charge is 0.106 e. The first-order valence-corrected chi connectivity index (χ1v) is 8.93. The molecule has 1 aromatic carbocycles. The van der Waals surface area contributed by atoms with E-state index in [-0.39, 0.29) is 0 Å². The number of hydrogen-bond acceptors (Lipinski definition) is 1. The lowest BCUT2D eigenvalue weighted by atomic mass is 10.2. The molecule has 0 saturated carbocycles. The van der Waals surface area contributed by atoms with Crippen LogP contribution in [0.2, 0.25) is 13.1 Å². The molecule has 1 aromatic rings. The van der Waals surface area contributed by atoms with Gasteiger partial charge < -0.3 is 5.11 Å². The van der Waals surface area contributed by atoms with Gasteiger partial charge >= 0.3 is 0 Å². The molecule has 0 amide bonds. The van der Waals surface area contributed by atoms with Crippen LogP contribution < -0.4 is 5.19 Å². The molecule has 0 aliphatic rings. The van der Waals surface area contributed by atoms with Crippen molar-refractivity contribution in [2.45, 2.75) is 32.4 Å². The fourth-order valence-electron chi connectivity index (χ4n) is 1.82. The Kier molecular flexibility index (Phi) is 4.96. The minimum Gasteiger partial charge on any atom is -0.396 e. The number of benzene rings is 1. The Bertz CT molecular complexity index is 330. The maximum absolute atomic E-state index is 8.78. The topological polar surface area (TPSA) is 20.2 Å². The van der Waals surface area contributed by atoms with Gasteiger partial charge in [-0.1, -0.05) is 53.8 Å². The molecule has 2 heteroatoms. The van der Waals surface area contributed by atoms with Crippen LogP contribution >= 0.6 is 0 Å². The summed E-state index contributed by atoms with van der Waals surface area (Å²) in [6.07, 6.45) is 2.99. The van der Waals surface area contributed by atoms with Gasteiger partial charge in [0, 0.05) is 6.61 Å². The second-order valence-corrected chi connectivity index (χ2v) is 9.31. The van der Waals surface area contributed by atoms with Crippen LogP contribution in [0.4, 0.5) is 0 Å². The summed E-state index contributed by atoms with van der Waals surface area (Å²) in [5.41, 5.74) is 0. The monoisotopic (exact) mass is 234 g/mol. The second-order valence-electron chi connectivity index (χ2n) is 4.78. The zero-order chi connectivity index (χ0) is 12.0. The molecule has 1 rings (SSSR count). The molecule has 0 saturated heterocycles. The molecule has 88 valence electrons. The maximum atomic E-state index is 8.78. The highest BCUT2D eigenvalue weighted by atomic mass is 28.3. The first kappa shape index (κ1) is 13.2. The van der Waals surface area contributed by atoms with Gasteiger partial charge in [-0.25, -0.2) is 0 Å². The Hall–Kier alpha value is -0.863. The van der Waals surface area contributed by atoms with Crippen molar-refractivity contribution in [2.75, 3.05) is 6.61 Å². The Balaban J connectivity index is 2.66. The van der Waals surface area contributed by atoms with Crippen LogP contribution in [0.5, 0.6) is 0 Å². The van der Waals surface area contributed by atoms with Crippen molar-refractivity contribution in [3.05, 3.63) is 42.1 Å². The summed E-state index contributed by atoms with van der Waals surface area (Å²) in [5, 5.41) is 11.6. The van der Waals surface area contributed by atoms with Crippen molar-refractivity contribution in [3.8, 4) is 0 Å². The molecule has 1 nitrogen and oxygen atoms in total. The minimum absolute atomic E-state index is 0.292. The van der Waals surface area contributed by atoms with Gasteiger partial charge in [-0.2, -0.15) is 0 Å². The summed E-state index contributed by atoms with van der Waals surface area (Å²) < 4.78 is 0. The summed E-state index contributed by atoms with van der Waals surface area (Å²) in [6, 6.07) is 10.7. The van der Waals surface area contributed by atoms with Gasteiger partial charge in [-0.3, -0.25) is 0 Å². The van der Waals surface area contributed by atoms with Crippen LogP contribution in [0.1, 0.15) is 19.3 Å². The molecule has 0 fully saturated rings. The standard InChI is InChI=1S/C14H22OSi/c1-13(9-7-8-12-15)16(2,3)14-10-5-4-6-11-14/h4-6,10-11,15H,1,7-9,12H2,2-3H3. The van der Waals surface area contributed by atoms with Crippen molar-refractivity contribution in [2.24, 2.45) is 0 Å². The van der Waals surface area contributed by atoms with Crippen molar-refractivity contribution in [3.63, 3.8) is 0 Å². The van der Waals surface area contributed by atoms with E-state index in [0.29, 0.717) is 6.61 Å². The number of rotatable bonds is 6. The molecule has 1 N–H and O–H groups in total. The molecular weight excluding hydrogens is 212 g/mol. The molecule has 0 heterocycles. The van der Waals surface area contributed by atoms with Crippen molar-refractivity contribution in [1.29, 1.82) is 0 Å². The lowest BCUT2D eigenvalue weighted by Gasteiger charge is -2.25. The van der Waals surface area contributed by atoms with Crippen molar-refractivity contribution < 1.29 is 5.11 Å². The summed E-state index contributed by atoms with van der Waals surface area (Å²) in [4.78, 5) is 0. The van der Waals surface area contributed by atoms with E-state index in [1.807, 2.05) is 0 Å². The Morgan fingerprint density at radius 1 is 1.19 bits per heavy atom. The fraction of sp³-hybridized carbons (Fsp3) is 0.429. The van der Waals surface area contributed by atoms with Crippen LogP contribution in [0.15, 0.2) is 42.1 Å². The molecule has 0 radical (unpaired) electrons. The van der Waals surface area contributed by atoms with Gasteiger partial charge in [0.15, 0.2) is 0 Å². The largest absolute Gasteiger partial charge is 0.396 e. The van der Waals surface area contributed by atoms with E-state index in [9.17, 15) is 0 Å². The summed E-state index contributed by atoms with van der Waals surface area (Å²) in [5.74, 6) is 0. The first-order valence-electron chi connectivity index (χ1n) is 5.93. The Morgan fingerprint density at radius 2 is 1.81 bits per heavy atom. The molecular formula is C14H22OSi. The number of allylic oxidation sites excluding steroid dienone is 1. The number of unbranched alkanes of at least 4 members (excludes halogenated alkanes) is 1. The van der Waals surface area contributed by atoms with E-state index < -0.39 is 8.07 Å². The van der Waals surface area contributed by atoms with Gasteiger partial charge in [-0.05, 0) is 19.3 Å². The van der Waals surface area contributed by atoms with E-state index >= 15 is 0 Å². The zero-order valence-electron chi connectivity index (χ0n) is 10.4. The minimum atomic E-state index is -1.51. The van der Waals surface area contributed by atoms with Crippen LogP contribution in [0.25, 0.3) is 0 Å². The predicted molar refractivity (Wildman–Crippen MR) is 73.6 cm³/mol. The highest BCUT2D eigenvalue weighted by Gasteiger charge is 2.25. The average molecular weight is 234 g/mol. The molecule has 0 atom stereocenters. The summed E-state index contributed by atoms with van der Waals surface area (Å²) in [7, 11) is -1.51. The highest BCUT2D eigenvalue weighted by Crippen LogP contribution is 2.18. The predicted octanol–water partition coefficient (Wildman–Crippen LogP) is 2.86. The van der Waals surface area contributed by atoms with Crippen LogP contribution in [0, 0.1) is 0 Å². The number of aliphatic hydroxyl groups excluding tert-OH is 1. The SMILES string of the molecule is C=C(CCCCO)[Si](C)(C)c1ccccc1. The normalized spacial score (nSPS) is 11.4. The summed E-state index contributed by atoms with van der Waals surface area (Å²) in [6.45, 7) is 9.25. The highest BCUT2D eigenvalue weighted by molar-refractivity contribution is 6.95. The van der Waals surface area contributed by atoms with Crippen molar-refractivity contribution >= 4 is 13.3 Å². The quantitative estimate of drug-likeness (QED) is 0.593. The fourth-order valence-corrected chi connectivity index (χ4v) is 4.06. The third-order valence-electron chi connectivity index (χ3n) is 3.27. The van der Waals surface area contributed by atoms with E-state index in [2.05, 4.69) is 50.0 Å². The molecule has 0 bridgehead atoms. The lowest BCUT2D eigenvalue weighted by Crippen LogP contribution is -2.43. The van der Waals surface area contributed by atoms with Crippen LogP contribution in [0.3, 0.4) is 0 Å². The molecule has 0 aliphatic carbocycles. The third kappa shape index (κ3) is 3.32. The number of aliphatic hydroxyl groups is 1. The molecule has 16 heavy (non-hydrogen) atoms. The van der Waals surface area contributed by atoms with Gasteiger partial charge in [-0.15, -0.1) is 6.58 Å². The van der Waals surface area contributed by atoms with Crippen LogP contribution in [-0.4, -0.2) is 19.8 Å². The van der Waals surface area contributed by atoms with E-state index in [4.69, 9.17) is 5.11 Å². The molecule has 0 aromatic heterocycles. The molecule has 0 spiro atoms.